The summed E-state index contributed by atoms with van der Waals surface area (Å²) >= 11 is 0. The van der Waals surface area contributed by atoms with Gasteiger partial charge in [-0.1, -0.05) is 62.4 Å². The van der Waals surface area contributed by atoms with Crippen molar-refractivity contribution >= 4 is 29.3 Å². The van der Waals surface area contributed by atoms with E-state index in [-0.39, 0.29) is 11.6 Å². The second-order valence-corrected chi connectivity index (χ2v) is 7.40. The smallest absolute Gasteiger partial charge is 0.357 e. The van der Waals surface area contributed by atoms with Gasteiger partial charge in [-0.2, -0.15) is 4.68 Å². The van der Waals surface area contributed by atoms with Gasteiger partial charge in [-0.05, 0) is 53.0 Å². The maximum atomic E-state index is 12.8. The molecule has 1 aromatic heterocycles. The van der Waals surface area contributed by atoms with E-state index in [1.807, 2.05) is 55.5 Å². The van der Waals surface area contributed by atoms with Crippen molar-refractivity contribution in [2.45, 2.75) is 33.6 Å². The summed E-state index contributed by atoms with van der Waals surface area (Å²) in [6, 6.07) is 15.1. The zero-order chi connectivity index (χ0) is 22.4. The molecule has 0 atom stereocenters. The topological polar surface area (TPSA) is 99.0 Å². The minimum Gasteiger partial charge on any atom is -0.451 e. The normalized spacial score (nSPS) is 11.5. The molecule has 0 saturated heterocycles. The third-order valence-corrected chi connectivity index (χ3v) is 4.69. The van der Waals surface area contributed by atoms with E-state index in [2.05, 4.69) is 34.7 Å². The van der Waals surface area contributed by atoms with Crippen LogP contribution in [0.3, 0.4) is 0 Å². The van der Waals surface area contributed by atoms with Gasteiger partial charge in [0.15, 0.2) is 18.1 Å². The van der Waals surface area contributed by atoms with E-state index < -0.39 is 18.5 Å². The Morgan fingerprint density at radius 1 is 1.10 bits per heavy atom. The lowest BCUT2D eigenvalue weighted by molar-refractivity contribution is -0.141. The van der Waals surface area contributed by atoms with Crippen molar-refractivity contribution in [2.75, 3.05) is 11.9 Å². The fraction of sp³-hybridized carbons (Fsp3) is 0.261. The molecule has 160 valence electrons. The molecule has 1 heterocycles. The van der Waals surface area contributed by atoms with Gasteiger partial charge in [0.25, 0.3) is 5.91 Å². The standard InChI is InChI=1S/C23H25N5O3/c1-15(2)19-12-8-9-16(3)22(19)24-21(29)14-31-23(30)20(28-17(4)25-26-27-28)13-18-10-6-5-7-11-18/h5-13,15H,14H2,1-4H3,(H,24,29)/b20-13-. The van der Waals surface area contributed by atoms with Gasteiger partial charge < -0.3 is 10.1 Å². The number of aromatic nitrogens is 4. The molecular weight excluding hydrogens is 394 g/mol. The number of carbonyl (C=O) groups is 2. The number of tetrazole rings is 1. The summed E-state index contributed by atoms with van der Waals surface area (Å²) in [5, 5.41) is 14.1. The zero-order valence-electron chi connectivity index (χ0n) is 18.0. The second-order valence-electron chi connectivity index (χ2n) is 7.40. The Hall–Kier alpha value is -3.81. The molecule has 3 rings (SSSR count). The lowest BCUT2D eigenvalue weighted by atomic mass is 9.98. The zero-order valence-corrected chi connectivity index (χ0v) is 18.0. The number of aryl methyl sites for hydroxylation is 2. The maximum absolute atomic E-state index is 12.8. The van der Waals surface area contributed by atoms with Crippen molar-refractivity contribution in [1.82, 2.24) is 20.2 Å². The van der Waals surface area contributed by atoms with Crippen molar-refractivity contribution in [1.29, 1.82) is 0 Å². The largest absolute Gasteiger partial charge is 0.451 e. The van der Waals surface area contributed by atoms with E-state index in [1.165, 1.54) is 4.68 Å². The van der Waals surface area contributed by atoms with Crippen LogP contribution in [0.5, 0.6) is 0 Å². The van der Waals surface area contributed by atoms with Gasteiger partial charge in [0.1, 0.15) is 0 Å². The minimum absolute atomic E-state index is 0.111. The van der Waals surface area contributed by atoms with Crippen LogP contribution in [0.2, 0.25) is 0 Å². The van der Waals surface area contributed by atoms with Crippen LogP contribution in [0.1, 0.15) is 42.3 Å². The van der Waals surface area contributed by atoms with E-state index in [1.54, 1.807) is 13.0 Å². The van der Waals surface area contributed by atoms with Crippen molar-refractivity contribution in [3.8, 4) is 0 Å². The Balaban J connectivity index is 1.76. The number of hydrogen-bond acceptors (Lipinski definition) is 6. The van der Waals surface area contributed by atoms with E-state index in [0.717, 1.165) is 22.4 Å². The summed E-state index contributed by atoms with van der Waals surface area (Å²) in [4.78, 5) is 25.3. The molecule has 0 aliphatic rings. The second kappa shape index (κ2) is 9.80. The number of anilines is 1. The fourth-order valence-electron chi connectivity index (χ4n) is 3.09. The lowest BCUT2D eigenvalue weighted by Crippen LogP contribution is -2.24. The van der Waals surface area contributed by atoms with E-state index in [0.29, 0.717) is 5.82 Å². The Morgan fingerprint density at radius 3 is 2.48 bits per heavy atom. The number of rotatable bonds is 7. The van der Waals surface area contributed by atoms with Gasteiger partial charge in [-0.25, -0.2) is 4.79 Å². The Morgan fingerprint density at radius 2 is 1.84 bits per heavy atom. The number of hydrogen-bond donors (Lipinski definition) is 1. The van der Waals surface area contributed by atoms with Gasteiger partial charge >= 0.3 is 5.97 Å². The van der Waals surface area contributed by atoms with E-state index >= 15 is 0 Å². The molecule has 3 aromatic rings. The first-order valence-electron chi connectivity index (χ1n) is 9.95. The highest BCUT2D eigenvalue weighted by Crippen LogP contribution is 2.27. The van der Waals surface area contributed by atoms with Crippen LogP contribution in [0.15, 0.2) is 48.5 Å². The molecule has 8 nitrogen and oxygen atoms in total. The molecular formula is C23H25N5O3. The predicted octanol–water partition coefficient (Wildman–Crippen LogP) is 3.59. The number of para-hydroxylation sites is 1. The molecule has 0 bridgehead atoms. The molecule has 0 aliphatic carbocycles. The molecule has 0 aliphatic heterocycles. The summed E-state index contributed by atoms with van der Waals surface area (Å²) in [5.41, 5.74) is 3.60. The summed E-state index contributed by atoms with van der Waals surface area (Å²) in [6.07, 6.45) is 1.61. The molecule has 0 spiro atoms. The van der Waals surface area contributed by atoms with Crippen LogP contribution in [0.4, 0.5) is 5.69 Å². The molecule has 2 aromatic carbocycles. The van der Waals surface area contributed by atoms with Gasteiger partial charge in [0, 0.05) is 5.69 Å². The van der Waals surface area contributed by atoms with Gasteiger partial charge in [0.2, 0.25) is 0 Å². The highest BCUT2D eigenvalue weighted by Gasteiger charge is 2.20. The van der Waals surface area contributed by atoms with Crippen LogP contribution in [-0.4, -0.2) is 38.7 Å². The third kappa shape index (κ3) is 5.42. The summed E-state index contributed by atoms with van der Waals surface area (Å²) < 4.78 is 6.58. The quantitative estimate of drug-likeness (QED) is 0.464. The fourth-order valence-corrected chi connectivity index (χ4v) is 3.09. The molecule has 31 heavy (non-hydrogen) atoms. The SMILES string of the molecule is Cc1cccc(C(C)C)c1NC(=O)COC(=O)/C(=C/c1ccccc1)n1nnnc1C. The average Bonchev–Trinajstić information content (AvgIpc) is 3.17. The predicted molar refractivity (Wildman–Crippen MR) is 118 cm³/mol. The van der Waals surface area contributed by atoms with Crippen LogP contribution in [0.25, 0.3) is 11.8 Å². The first-order chi connectivity index (χ1) is 14.9. The van der Waals surface area contributed by atoms with Crippen LogP contribution in [-0.2, 0) is 14.3 Å². The van der Waals surface area contributed by atoms with Gasteiger partial charge in [0.05, 0.1) is 0 Å². The number of benzene rings is 2. The van der Waals surface area contributed by atoms with Crippen LogP contribution >= 0.6 is 0 Å². The summed E-state index contributed by atoms with van der Waals surface area (Å²) in [5.74, 6) is -0.466. The number of esters is 1. The molecule has 0 radical (unpaired) electrons. The third-order valence-electron chi connectivity index (χ3n) is 4.69. The average molecular weight is 419 g/mol. The number of nitrogens with zero attached hydrogens (tertiary/aromatic N) is 4. The number of nitrogens with one attached hydrogen (secondary N) is 1. The van der Waals surface area contributed by atoms with Crippen molar-refractivity contribution < 1.29 is 14.3 Å². The lowest BCUT2D eigenvalue weighted by Gasteiger charge is -2.16. The number of amides is 1. The molecule has 0 unspecified atom stereocenters. The number of ether oxygens (including phenoxy) is 1. The molecule has 1 N–H and O–H groups in total. The molecule has 0 fully saturated rings. The number of carbonyl (C=O) groups excluding carboxylic acids is 2. The Bertz CT molecular complexity index is 1100. The summed E-state index contributed by atoms with van der Waals surface area (Å²) in [7, 11) is 0. The minimum atomic E-state index is -0.705. The molecule has 1 amide bonds. The Labute approximate surface area is 180 Å². The molecule has 0 saturated carbocycles. The van der Waals surface area contributed by atoms with Crippen LogP contribution in [0, 0.1) is 13.8 Å². The van der Waals surface area contributed by atoms with Gasteiger partial charge in [-0.3, -0.25) is 4.79 Å². The maximum Gasteiger partial charge on any atom is 0.357 e. The molecule has 8 heteroatoms. The monoisotopic (exact) mass is 419 g/mol. The highest BCUT2D eigenvalue weighted by molar-refractivity contribution is 6.15. The Kier molecular flexibility index (Phi) is 6.92. The van der Waals surface area contributed by atoms with Crippen molar-refractivity contribution in [3.05, 3.63) is 71.0 Å². The highest BCUT2D eigenvalue weighted by atomic mass is 16.5. The van der Waals surface area contributed by atoms with Crippen LogP contribution < -0.4 is 5.32 Å². The first-order valence-corrected chi connectivity index (χ1v) is 9.95. The van der Waals surface area contributed by atoms with E-state index in [4.69, 9.17) is 4.74 Å². The first kappa shape index (κ1) is 21.9. The summed E-state index contributed by atoms with van der Waals surface area (Å²) in [6.45, 7) is 7.27. The van der Waals surface area contributed by atoms with E-state index in [9.17, 15) is 9.59 Å². The van der Waals surface area contributed by atoms with Crippen molar-refractivity contribution in [2.24, 2.45) is 0 Å². The van der Waals surface area contributed by atoms with Gasteiger partial charge in [-0.15, -0.1) is 5.10 Å². The van der Waals surface area contributed by atoms with Crippen molar-refractivity contribution in [3.63, 3.8) is 0 Å².